The van der Waals surface area contributed by atoms with Gasteiger partial charge in [0.15, 0.2) is 11.5 Å². The summed E-state index contributed by atoms with van der Waals surface area (Å²) < 4.78 is 1.83. The molecule has 2 N–H and O–H groups in total. The minimum Gasteiger partial charge on any atom is -0.364 e. The first-order chi connectivity index (χ1) is 9.28. The van der Waals surface area contributed by atoms with Gasteiger partial charge in [-0.25, -0.2) is 15.0 Å². The average molecular weight is 257 g/mol. The molecule has 0 aliphatic carbocycles. The van der Waals surface area contributed by atoms with Crippen molar-refractivity contribution in [3.05, 3.63) is 30.1 Å². The molecule has 3 rings (SSSR count). The number of aromatic amines is 1. The zero-order chi connectivity index (χ0) is 13.2. The van der Waals surface area contributed by atoms with Gasteiger partial charge >= 0.3 is 0 Å². The molecule has 0 spiro atoms. The van der Waals surface area contributed by atoms with Crippen molar-refractivity contribution in [2.24, 2.45) is 7.05 Å². The number of aryl methyl sites for hydroxylation is 2. The topological polar surface area (TPSA) is 84.3 Å². The normalized spacial score (nSPS) is 11.1. The van der Waals surface area contributed by atoms with E-state index in [4.69, 9.17) is 0 Å². The summed E-state index contributed by atoms with van der Waals surface area (Å²) in [4.78, 5) is 15.5. The molecule has 0 aliphatic rings. The largest absolute Gasteiger partial charge is 0.364 e. The highest BCUT2D eigenvalue weighted by Crippen LogP contribution is 2.16. The molecule has 0 fully saturated rings. The van der Waals surface area contributed by atoms with Crippen molar-refractivity contribution in [3.8, 4) is 0 Å². The second-order valence-corrected chi connectivity index (χ2v) is 4.31. The Kier molecular flexibility index (Phi) is 2.86. The molecule has 3 aromatic heterocycles. The molecule has 0 aliphatic heterocycles. The van der Waals surface area contributed by atoms with E-state index in [2.05, 4.69) is 37.3 Å². The number of aromatic nitrogens is 6. The Balaban J connectivity index is 1.84. The Morgan fingerprint density at radius 3 is 3.05 bits per heavy atom. The zero-order valence-electron chi connectivity index (χ0n) is 10.9. The van der Waals surface area contributed by atoms with Gasteiger partial charge in [-0.2, -0.15) is 5.10 Å². The van der Waals surface area contributed by atoms with Crippen LogP contribution in [0.5, 0.6) is 0 Å². The Morgan fingerprint density at radius 1 is 1.32 bits per heavy atom. The Morgan fingerprint density at radius 2 is 2.21 bits per heavy atom. The zero-order valence-corrected chi connectivity index (χ0v) is 10.9. The van der Waals surface area contributed by atoms with Crippen LogP contribution in [0.25, 0.3) is 11.2 Å². The van der Waals surface area contributed by atoms with Gasteiger partial charge in [0.25, 0.3) is 0 Å². The molecule has 0 aromatic carbocycles. The van der Waals surface area contributed by atoms with Crippen LogP contribution in [0, 0.1) is 0 Å². The fourth-order valence-electron chi connectivity index (χ4n) is 2.11. The van der Waals surface area contributed by atoms with E-state index in [0.29, 0.717) is 12.2 Å². The number of anilines is 1. The lowest BCUT2D eigenvalue weighted by molar-refractivity contribution is 0.746. The lowest BCUT2D eigenvalue weighted by Crippen LogP contribution is -2.03. The van der Waals surface area contributed by atoms with Crippen LogP contribution in [0.1, 0.15) is 18.2 Å². The summed E-state index contributed by atoms with van der Waals surface area (Å²) in [5.74, 6) is 0.758. The van der Waals surface area contributed by atoms with Crippen molar-refractivity contribution in [2.45, 2.75) is 19.9 Å². The minimum atomic E-state index is 0.666. The quantitative estimate of drug-likeness (QED) is 0.735. The van der Waals surface area contributed by atoms with E-state index in [1.54, 1.807) is 6.33 Å². The van der Waals surface area contributed by atoms with Crippen LogP contribution >= 0.6 is 0 Å². The van der Waals surface area contributed by atoms with Gasteiger partial charge in [-0.05, 0) is 6.42 Å². The second-order valence-electron chi connectivity index (χ2n) is 4.31. The number of nitrogens with one attached hydrogen (secondary N) is 2. The Hall–Kier alpha value is -2.44. The first kappa shape index (κ1) is 11.6. The third-order valence-electron chi connectivity index (χ3n) is 3.00. The Labute approximate surface area is 110 Å². The average Bonchev–Trinajstić information content (AvgIpc) is 3.02. The van der Waals surface area contributed by atoms with Crippen molar-refractivity contribution in [1.29, 1.82) is 0 Å². The molecule has 3 aromatic rings. The summed E-state index contributed by atoms with van der Waals surface area (Å²) in [6.45, 7) is 2.78. The maximum atomic E-state index is 4.42. The summed E-state index contributed by atoms with van der Waals surface area (Å²) in [5, 5.41) is 7.72. The van der Waals surface area contributed by atoms with E-state index in [-0.39, 0.29) is 0 Å². The molecule has 0 bridgehead atoms. The van der Waals surface area contributed by atoms with Crippen molar-refractivity contribution in [3.63, 3.8) is 0 Å². The van der Waals surface area contributed by atoms with Gasteiger partial charge < -0.3 is 10.3 Å². The fourth-order valence-corrected chi connectivity index (χ4v) is 2.11. The first-order valence-corrected chi connectivity index (χ1v) is 6.17. The van der Waals surface area contributed by atoms with Crippen LogP contribution in [0.2, 0.25) is 0 Å². The highest BCUT2D eigenvalue weighted by molar-refractivity contribution is 5.81. The molecule has 0 atom stereocenters. The third kappa shape index (κ3) is 2.14. The van der Waals surface area contributed by atoms with Crippen molar-refractivity contribution in [1.82, 2.24) is 29.7 Å². The number of rotatable bonds is 4. The van der Waals surface area contributed by atoms with Gasteiger partial charge in [0.1, 0.15) is 11.8 Å². The molecular weight excluding hydrogens is 242 g/mol. The summed E-state index contributed by atoms with van der Waals surface area (Å²) in [5.41, 5.74) is 3.77. The predicted molar refractivity (Wildman–Crippen MR) is 71.6 cm³/mol. The predicted octanol–water partition coefficient (Wildman–Crippen LogP) is 1.26. The van der Waals surface area contributed by atoms with Crippen molar-refractivity contribution < 1.29 is 0 Å². The molecule has 3 heterocycles. The molecule has 7 nitrogen and oxygen atoms in total. The van der Waals surface area contributed by atoms with Crippen molar-refractivity contribution in [2.75, 3.05) is 5.32 Å². The van der Waals surface area contributed by atoms with Crippen LogP contribution in [0.15, 0.2) is 18.9 Å². The summed E-state index contributed by atoms with van der Waals surface area (Å²) in [6.07, 6.45) is 6.07. The van der Waals surface area contributed by atoms with Gasteiger partial charge in [0, 0.05) is 25.4 Å². The lowest BCUT2D eigenvalue weighted by Gasteiger charge is -2.05. The summed E-state index contributed by atoms with van der Waals surface area (Å²) in [7, 11) is 1.93. The monoisotopic (exact) mass is 257 g/mol. The summed E-state index contributed by atoms with van der Waals surface area (Å²) in [6, 6.07) is 0. The molecular formula is C12H15N7. The molecule has 0 saturated heterocycles. The van der Waals surface area contributed by atoms with Gasteiger partial charge in [-0.1, -0.05) is 6.92 Å². The van der Waals surface area contributed by atoms with E-state index >= 15 is 0 Å². The van der Waals surface area contributed by atoms with E-state index in [1.165, 1.54) is 11.9 Å². The van der Waals surface area contributed by atoms with Crippen LogP contribution in [0.3, 0.4) is 0 Å². The fraction of sp³-hybridized carbons (Fsp3) is 0.333. The third-order valence-corrected chi connectivity index (χ3v) is 3.00. The van der Waals surface area contributed by atoms with Gasteiger partial charge in [0.05, 0.1) is 12.0 Å². The summed E-state index contributed by atoms with van der Waals surface area (Å²) >= 11 is 0. The molecule has 0 unspecified atom stereocenters. The molecule has 0 amide bonds. The number of nitrogens with zero attached hydrogens (tertiary/aromatic N) is 5. The lowest BCUT2D eigenvalue weighted by atomic mass is 10.2. The maximum Gasteiger partial charge on any atom is 0.182 e. The van der Waals surface area contributed by atoms with Crippen LogP contribution in [-0.2, 0) is 20.0 Å². The Bertz CT molecular complexity index is 697. The number of H-pyrrole nitrogens is 1. The van der Waals surface area contributed by atoms with Gasteiger partial charge in [0.2, 0.25) is 0 Å². The van der Waals surface area contributed by atoms with Crippen LogP contribution in [-0.4, -0.2) is 29.7 Å². The van der Waals surface area contributed by atoms with Crippen LogP contribution in [0.4, 0.5) is 5.82 Å². The number of hydrogen-bond donors (Lipinski definition) is 2. The maximum absolute atomic E-state index is 4.42. The highest BCUT2D eigenvalue weighted by atomic mass is 15.3. The van der Waals surface area contributed by atoms with E-state index in [9.17, 15) is 0 Å². The standard InChI is InChI=1S/C12H15N7/c1-3-9-8(5-19(2)18-9)4-13-11-10-12(15-6-14-10)17-7-16-11/h5-7H,3-4H2,1-2H3,(H2,13,14,15,16,17). The number of fused-ring (bicyclic) bond motifs is 1. The highest BCUT2D eigenvalue weighted by Gasteiger charge is 2.08. The van der Waals surface area contributed by atoms with Crippen molar-refractivity contribution >= 4 is 17.0 Å². The SMILES string of the molecule is CCc1nn(C)cc1CNc1ncnc2nc[nH]c12. The van der Waals surface area contributed by atoms with Gasteiger partial charge in [-0.15, -0.1) is 0 Å². The van der Waals surface area contributed by atoms with E-state index in [1.807, 2.05) is 17.9 Å². The van der Waals surface area contributed by atoms with E-state index < -0.39 is 0 Å². The minimum absolute atomic E-state index is 0.666. The molecule has 0 radical (unpaired) electrons. The molecule has 7 heteroatoms. The molecule has 0 saturated carbocycles. The van der Waals surface area contributed by atoms with Gasteiger partial charge in [-0.3, -0.25) is 4.68 Å². The second kappa shape index (κ2) is 4.68. The van der Waals surface area contributed by atoms with E-state index in [0.717, 1.165) is 23.4 Å². The number of imidazole rings is 1. The molecule has 19 heavy (non-hydrogen) atoms. The smallest absolute Gasteiger partial charge is 0.182 e. The first-order valence-electron chi connectivity index (χ1n) is 6.17. The number of hydrogen-bond acceptors (Lipinski definition) is 5. The molecule has 98 valence electrons. The van der Waals surface area contributed by atoms with Crippen LogP contribution < -0.4 is 5.32 Å².